The first-order valence-electron chi connectivity index (χ1n) is 9.75. The van der Waals surface area contributed by atoms with Gasteiger partial charge in [0.1, 0.15) is 5.82 Å². The molecular formula is C23H23ClFN3O. The maximum Gasteiger partial charge on any atom is 0.238 e. The summed E-state index contributed by atoms with van der Waals surface area (Å²) < 4.78 is 13.2. The Labute approximate surface area is 174 Å². The van der Waals surface area contributed by atoms with Crippen LogP contribution < -0.4 is 5.32 Å². The van der Waals surface area contributed by atoms with Crippen molar-refractivity contribution in [3.05, 3.63) is 77.1 Å². The van der Waals surface area contributed by atoms with E-state index in [0.717, 1.165) is 48.2 Å². The maximum atomic E-state index is 13.2. The third-order valence-electron chi connectivity index (χ3n) is 5.30. The van der Waals surface area contributed by atoms with Crippen LogP contribution in [0.4, 0.5) is 10.1 Å². The van der Waals surface area contributed by atoms with E-state index in [2.05, 4.69) is 15.1 Å². The number of halogens is 2. The molecule has 0 radical (unpaired) electrons. The van der Waals surface area contributed by atoms with Crippen LogP contribution in [-0.4, -0.2) is 48.4 Å². The van der Waals surface area contributed by atoms with Crippen LogP contribution >= 0.6 is 11.6 Å². The van der Waals surface area contributed by atoms with Crippen LogP contribution in [0.15, 0.2) is 60.7 Å². The summed E-state index contributed by atoms with van der Waals surface area (Å²) in [6.45, 7) is 4.36. The second-order valence-electron chi connectivity index (χ2n) is 7.36. The van der Waals surface area contributed by atoms with Crippen LogP contribution in [-0.2, 0) is 11.3 Å². The van der Waals surface area contributed by atoms with E-state index in [4.69, 9.17) is 11.6 Å². The van der Waals surface area contributed by atoms with Gasteiger partial charge in [-0.15, -0.1) is 0 Å². The molecule has 0 spiro atoms. The van der Waals surface area contributed by atoms with Gasteiger partial charge >= 0.3 is 0 Å². The van der Waals surface area contributed by atoms with Crippen molar-refractivity contribution in [2.45, 2.75) is 6.54 Å². The molecule has 0 aliphatic carbocycles. The predicted molar refractivity (Wildman–Crippen MR) is 116 cm³/mol. The van der Waals surface area contributed by atoms with Crippen molar-refractivity contribution < 1.29 is 9.18 Å². The van der Waals surface area contributed by atoms with Gasteiger partial charge < -0.3 is 5.32 Å². The number of anilines is 1. The van der Waals surface area contributed by atoms with E-state index in [1.165, 1.54) is 12.1 Å². The number of hydrogen-bond acceptors (Lipinski definition) is 3. The molecule has 6 heteroatoms. The monoisotopic (exact) mass is 411 g/mol. The fraction of sp³-hybridized carbons (Fsp3) is 0.261. The van der Waals surface area contributed by atoms with Gasteiger partial charge in [0.15, 0.2) is 0 Å². The number of carbonyl (C=O) groups is 1. The zero-order valence-electron chi connectivity index (χ0n) is 16.1. The highest BCUT2D eigenvalue weighted by atomic mass is 35.5. The Balaban J connectivity index is 1.29. The standard InChI is InChI=1S/C23H23ClFN3O/c24-21-14-19(25)9-8-18(21)15-27-10-12-28(13-11-27)16-23(29)26-22-7-3-5-17-4-1-2-6-20(17)22/h1-9,14H,10-13,15-16H2,(H,26,29). The summed E-state index contributed by atoms with van der Waals surface area (Å²) in [4.78, 5) is 17.0. The number of piperazine rings is 1. The SMILES string of the molecule is O=C(CN1CCN(Cc2ccc(F)cc2Cl)CC1)Nc1cccc2ccccc12. The number of nitrogens with zero attached hydrogens (tertiary/aromatic N) is 2. The molecule has 0 atom stereocenters. The van der Waals surface area contributed by atoms with Crippen LogP contribution in [0.5, 0.6) is 0 Å². The molecule has 3 aromatic rings. The molecule has 0 aromatic heterocycles. The van der Waals surface area contributed by atoms with E-state index in [1.807, 2.05) is 42.5 Å². The third-order valence-corrected chi connectivity index (χ3v) is 5.66. The van der Waals surface area contributed by atoms with E-state index < -0.39 is 0 Å². The molecule has 0 bridgehead atoms. The number of rotatable bonds is 5. The quantitative estimate of drug-likeness (QED) is 0.676. The largest absolute Gasteiger partial charge is 0.324 e. The molecule has 0 unspecified atom stereocenters. The second kappa shape index (κ2) is 8.91. The zero-order chi connectivity index (χ0) is 20.2. The normalized spacial score (nSPS) is 15.5. The molecular weight excluding hydrogens is 389 g/mol. The molecule has 150 valence electrons. The number of hydrogen-bond donors (Lipinski definition) is 1. The Kier molecular flexibility index (Phi) is 6.09. The number of carbonyl (C=O) groups excluding carboxylic acids is 1. The predicted octanol–water partition coefficient (Wildman–Crippen LogP) is 4.39. The number of benzene rings is 3. The molecule has 3 aromatic carbocycles. The molecule has 4 nitrogen and oxygen atoms in total. The highest BCUT2D eigenvalue weighted by molar-refractivity contribution is 6.31. The van der Waals surface area contributed by atoms with Crippen LogP contribution in [0.25, 0.3) is 10.8 Å². The average Bonchev–Trinajstić information content (AvgIpc) is 2.72. The second-order valence-corrected chi connectivity index (χ2v) is 7.77. The minimum absolute atomic E-state index is 0.00335. The van der Waals surface area contributed by atoms with Gasteiger partial charge in [-0.25, -0.2) is 4.39 Å². The van der Waals surface area contributed by atoms with Gasteiger partial charge in [-0.2, -0.15) is 0 Å². The fourth-order valence-electron chi connectivity index (χ4n) is 3.72. The first-order valence-corrected chi connectivity index (χ1v) is 10.1. The highest BCUT2D eigenvalue weighted by Crippen LogP contribution is 2.23. The first kappa shape index (κ1) is 19.8. The van der Waals surface area contributed by atoms with Crippen molar-refractivity contribution in [2.24, 2.45) is 0 Å². The Morgan fingerprint density at radius 3 is 2.48 bits per heavy atom. The van der Waals surface area contributed by atoms with Crippen molar-refractivity contribution in [1.29, 1.82) is 0 Å². The van der Waals surface area contributed by atoms with Crippen molar-refractivity contribution in [1.82, 2.24) is 9.80 Å². The van der Waals surface area contributed by atoms with Gasteiger partial charge in [-0.05, 0) is 29.1 Å². The van der Waals surface area contributed by atoms with Crippen LogP contribution in [0, 0.1) is 5.82 Å². The van der Waals surface area contributed by atoms with Crippen molar-refractivity contribution >= 4 is 34.0 Å². The van der Waals surface area contributed by atoms with Crippen LogP contribution in [0.2, 0.25) is 5.02 Å². The number of amides is 1. The van der Waals surface area contributed by atoms with Crippen molar-refractivity contribution in [3.63, 3.8) is 0 Å². The summed E-state index contributed by atoms with van der Waals surface area (Å²) in [5, 5.41) is 5.66. The van der Waals surface area contributed by atoms with Gasteiger partial charge in [0.2, 0.25) is 5.91 Å². The Hall–Kier alpha value is -2.47. The van der Waals surface area contributed by atoms with Gasteiger partial charge in [0.25, 0.3) is 0 Å². The van der Waals surface area contributed by atoms with E-state index in [0.29, 0.717) is 18.1 Å². The number of fused-ring (bicyclic) bond motifs is 1. The highest BCUT2D eigenvalue weighted by Gasteiger charge is 2.20. The molecule has 0 saturated carbocycles. The third kappa shape index (κ3) is 4.93. The Morgan fingerprint density at radius 1 is 0.966 bits per heavy atom. The van der Waals surface area contributed by atoms with Gasteiger partial charge in [0.05, 0.1) is 6.54 Å². The lowest BCUT2D eigenvalue weighted by atomic mass is 10.1. The van der Waals surface area contributed by atoms with Gasteiger partial charge in [-0.3, -0.25) is 14.6 Å². The molecule has 1 fully saturated rings. The maximum absolute atomic E-state index is 13.2. The lowest BCUT2D eigenvalue weighted by Gasteiger charge is -2.34. The Bertz CT molecular complexity index is 1010. The van der Waals surface area contributed by atoms with Crippen molar-refractivity contribution in [2.75, 3.05) is 38.0 Å². The van der Waals surface area contributed by atoms with Crippen LogP contribution in [0.3, 0.4) is 0 Å². The minimum Gasteiger partial charge on any atom is -0.324 e. The summed E-state index contributed by atoms with van der Waals surface area (Å²) in [5.41, 5.74) is 1.77. The molecule has 1 N–H and O–H groups in total. The van der Waals surface area contributed by atoms with E-state index >= 15 is 0 Å². The summed E-state index contributed by atoms with van der Waals surface area (Å²) in [5.74, 6) is -0.322. The lowest BCUT2D eigenvalue weighted by Crippen LogP contribution is -2.48. The summed E-state index contributed by atoms with van der Waals surface area (Å²) >= 11 is 6.13. The summed E-state index contributed by atoms with van der Waals surface area (Å²) in [7, 11) is 0. The van der Waals surface area contributed by atoms with Crippen molar-refractivity contribution in [3.8, 4) is 0 Å². The topological polar surface area (TPSA) is 35.6 Å². The molecule has 1 aliphatic heterocycles. The van der Waals surface area contributed by atoms with Crippen LogP contribution in [0.1, 0.15) is 5.56 Å². The molecule has 1 saturated heterocycles. The Morgan fingerprint density at radius 2 is 1.69 bits per heavy atom. The van der Waals surface area contributed by atoms with E-state index in [9.17, 15) is 9.18 Å². The summed E-state index contributed by atoms with van der Waals surface area (Å²) in [6.07, 6.45) is 0. The van der Waals surface area contributed by atoms with E-state index in [1.54, 1.807) is 6.07 Å². The molecule has 29 heavy (non-hydrogen) atoms. The van der Waals surface area contributed by atoms with Gasteiger partial charge in [-0.1, -0.05) is 54.1 Å². The molecule has 1 aliphatic rings. The molecule has 1 heterocycles. The lowest BCUT2D eigenvalue weighted by molar-refractivity contribution is -0.117. The molecule has 4 rings (SSSR count). The number of nitrogens with one attached hydrogen (secondary N) is 1. The first-order chi connectivity index (χ1) is 14.1. The zero-order valence-corrected chi connectivity index (χ0v) is 16.8. The van der Waals surface area contributed by atoms with Gasteiger partial charge in [0, 0.05) is 48.8 Å². The minimum atomic E-state index is -0.319. The average molecular weight is 412 g/mol. The summed E-state index contributed by atoms with van der Waals surface area (Å²) in [6, 6.07) is 18.5. The fourth-order valence-corrected chi connectivity index (χ4v) is 3.95. The van der Waals surface area contributed by atoms with E-state index in [-0.39, 0.29) is 11.7 Å². The molecule has 1 amide bonds. The smallest absolute Gasteiger partial charge is 0.238 e.